The first-order chi connectivity index (χ1) is 12.8. The van der Waals surface area contributed by atoms with E-state index in [1.807, 2.05) is 0 Å². The quantitative estimate of drug-likeness (QED) is 0.357. The Balaban J connectivity index is 1.94. The van der Waals surface area contributed by atoms with E-state index in [1.165, 1.54) is 31.4 Å². The monoisotopic (exact) mass is 389 g/mol. The predicted octanol–water partition coefficient (Wildman–Crippen LogP) is 2.86. The van der Waals surface area contributed by atoms with Gasteiger partial charge in [0.15, 0.2) is 23.3 Å². The van der Waals surface area contributed by atoms with Gasteiger partial charge >= 0.3 is 5.97 Å². The zero-order chi connectivity index (χ0) is 20.1. The number of hydrogen-bond donors (Lipinski definition) is 1. The Kier molecular flexibility index (Phi) is 6.32. The van der Waals surface area contributed by atoms with Crippen molar-refractivity contribution in [2.75, 3.05) is 13.7 Å². The summed E-state index contributed by atoms with van der Waals surface area (Å²) in [7, 11) is 1.44. The average molecular weight is 389 g/mol. The van der Waals surface area contributed by atoms with Gasteiger partial charge in [-0.2, -0.15) is 0 Å². The van der Waals surface area contributed by atoms with E-state index >= 15 is 0 Å². The Hall–Kier alpha value is -3.17. The summed E-state index contributed by atoms with van der Waals surface area (Å²) < 4.78 is 75.3. The molecule has 27 heavy (non-hydrogen) atoms. The van der Waals surface area contributed by atoms with Crippen LogP contribution in [0.1, 0.15) is 15.9 Å². The number of esters is 1. The van der Waals surface area contributed by atoms with Gasteiger partial charge in [0.2, 0.25) is 5.82 Å². The van der Waals surface area contributed by atoms with Gasteiger partial charge in [0.1, 0.15) is 18.9 Å². The molecule has 1 N–H and O–H groups in total. The molecular weight excluding hydrogens is 377 g/mol. The van der Waals surface area contributed by atoms with E-state index in [-0.39, 0.29) is 5.56 Å². The van der Waals surface area contributed by atoms with Crippen LogP contribution in [0, 0.1) is 29.1 Å². The van der Waals surface area contributed by atoms with Crippen LogP contribution in [0.5, 0.6) is 5.75 Å². The number of amides is 1. The van der Waals surface area contributed by atoms with Crippen LogP contribution in [0.4, 0.5) is 22.0 Å². The molecular formula is C17H12F5NO4. The Bertz CT molecular complexity index is 842. The first-order valence-corrected chi connectivity index (χ1v) is 7.34. The number of benzene rings is 2. The van der Waals surface area contributed by atoms with Gasteiger partial charge in [0.05, 0.1) is 12.7 Å². The molecule has 2 rings (SSSR count). The molecule has 144 valence electrons. The maximum absolute atomic E-state index is 13.5. The lowest BCUT2D eigenvalue weighted by molar-refractivity contribution is -0.143. The van der Waals surface area contributed by atoms with Gasteiger partial charge in [0.25, 0.3) is 5.91 Å². The van der Waals surface area contributed by atoms with Gasteiger partial charge in [-0.25, -0.2) is 22.0 Å². The molecule has 0 fully saturated rings. The third-order valence-electron chi connectivity index (χ3n) is 3.42. The fourth-order valence-corrected chi connectivity index (χ4v) is 1.98. The molecule has 0 atom stereocenters. The van der Waals surface area contributed by atoms with Crippen LogP contribution in [0.15, 0.2) is 24.3 Å². The molecule has 2 aromatic rings. The number of hydrogen-bond acceptors (Lipinski definition) is 4. The van der Waals surface area contributed by atoms with E-state index in [2.05, 4.69) is 10.1 Å². The van der Waals surface area contributed by atoms with Gasteiger partial charge < -0.3 is 14.8 Å². The van der Waals surface area contributed by atoms with Gasteiger partial charge in [-0.15, -0.1) is 0 Å². The van der Waals surface area contributed by atoms with Crippen LogP contribution in [0.3, 0.4) is 0 Å². The molecule has 0 radical (unpaired) electrons. The highest BCUT2D eigenvalue weighted by Crippen LogP contribution is 2.23. The van der Waals surface area contributed by atoms with Crippen LogP contribution >= 0.6 is 0 Å². The smallest absolute Gasteiger partial charge is 0.325 e. The Morgan fingerprint density at radius 3 is 1.93 bits per heavy atom. The summed E-state index contributed by atoms with van der Waals surface area (Å²) in [5, 5.41) is 2.18. The number of methoxy groups -OCH3 is 1. The van der Waals surface area contributed by atoms with E-state index in [4.69, 9.17) is 4.74 Å². The van der Waals surface area contributed by atoms with E-state index in [1.54, 1.807) is 0 Å². The van der Waals surface area contributed by atoms with Crippen molar-refractivity contribution in [2.24, 2.45) is 0 Å². The summed E-state index contributed by atoms with van der Waals surface area (Å²) in [5.74, 6) is -12.1. The summed E-state index contributed by atoms with van der Waals surface area (Å²) in [4.78, 5) is 23.4. The van der Waals surface area contributed by atoms with E-state index in [0.717, 1.165) is 0 Å². The predicted molar refractivity (Wildman–Crippen MR) is 81.4 cm³/mol. The van der Waals surface area contributed by atoms with Gasteiger partial charge in [-0.3, -0.25) is 9.59 Å². The number of ether oxygens (including phenoxy) is 2. The zero-order valence-corrected chi connectivity index (χ0v) is 13.7. The average Bonchev–Trinajstić information content (AvgIpc) is 2.69. The topological polar surface area (TPSA) is 64.6 Å². The van der Waals surface area contributed by atoms with E-state index < -0.39 is 59.7 Å². The van der Waals surface area contributed by atoms with Crippen LogP contribution < -0.4 is 10.1 Å². The lowest BCUT2D eigenvalue weighted by Gasteiger charge is -2.10. The van der Waals surface area contributed by atoms with Gasteiger partial charge in [0, 0.05) is 5.56 Å². The highest BCUT2D eigenvalue weighted by atomic mass is 19.2. The Morgan fingerprint density at radius 2 is 1.41 bits per heavy atom. The molecule has 0 spiro atoms. The highest BCUT2D eigenvalue weighted by molar-refractivity contribution is 5.96. The van der Waals surface area contributed by atoms with Crippen LogP contribution in [0.25, 0.3) is 0 Å². The molecule has 0 saturated carbocycles. The standard InChI is InChI=1S/C17H12F5NO4/c1-26-9-4-2-8(3-5-9)17(25)23-6-11(24)27-7-10-12(18)14(20)16(22)15(21)13(10)19/h2-5H,6-7H2,1H3,(H,23,25). The molecule has 0 aliphatic rings. The second-order valence-corrected chi connectivity index (χ2v) is 5.12. The molecule has 0 aliphatic heterocycles. The van der Waals surface area contributed by atoms with Crippen molar-refractivity contribution in [1.82, 2.24) is 5.32 Å². The molecule has 0 saturated heterocycles. The van der Waals surface area contributed by atoms with Gasteiger partial charge in [-0.1, -0.05) is 0 Å². The fourth-order valence-electron chi connectivity index (χ4n) is 1.98. The van der Waals surface area contributed by atoms with Crippen molar-refractivity contribution in [3.63, 3.8) is 0 Å². The second kappa shape index (κ2) is 8.47. The minimum absolute atomic E-state index is 0.198. The minimum atomic E-state index is -2.31. The first kappa shape index (κ1) is 20.1. The summed E-state index contributed by atoms with van der Waals surface area (Å²) in [6.07, 6.45) is 0. The highest BCUT2D eigenvalue weighted by Gasteiger charge is 2.26. The van der Waals surface area contributed by atoms with Crippen molar-refractivity contribution < 1.29 is 41.0 Å². The minimum Gasteiger partial charge on any atom is -0.497 e. The fraction of sp³-hybridized carbons (Fsp3) is 0.176. The first-order valence-electron chi connectivity index (χ1n) is 7.34. The summed E-state index contributed by atoms with van der Waals surface area (Å²) in [6.45, 7) is -1.87. The molecule has 0 unspecified atom stereocenters. The third-order valence-corrected chi connectivity index (χ3v) is 3.42. The van der Waals surface area contributed by atoms with Gasteiger partial charge in [-0.05, 0) is 24.3 Å². The molecule has 1 amide bonds. The van der Waals surface area contributed by atoms with Crippen molar-refractivity contribution in [3.8, 4) is 5.75 Å². The van der Waals surface area contributed by atoms with Crippen LogP contribution in [-0.2, 0) is 16.1 Å². The maximum atomic E-state index is 13.5. The lowest BCUT2D eigenvalue weighted by atomic mass is 10.2. The van der Waals surface area contributed by atoms with E-state index in [0.29, 0.717) is 5.75 Å². The Morgan fingerprint density at radius 1 is 0.889 bits per heavy atom. The van der Waals surface area contributed by atoms with Crippen LogP contribution in [-0.4, -0.2) is 25.5 Å². The molecule has 5 nitrogen and oxygen atoms in total. The number of nitrogens with one attached hydrogen (secondary N) is 1. The normalized spacial score (nSPS) is 10.4. The number of halogens is 5. The molecule has 10 heteroatoms. The second-order valence-electron chi connectivity index (χ2n) is 5.12. The van der Waals surface area contributed by atoms with Crippen molar-refractivity contribution in [3.05, 3.63) is 64.5 Å². The SMILES string of the molecule is COc1ccc(C(=O)NCC(=O)OCc2c(F)c(F)c(F)c(F)c2F)cc1. The lowest BCUT2D eigenvalue weighted by Crippen LogP contribution is -2.30. The molecule has 0 aromatic heterocycles. The molecule has 0 aliphatic carbocycles. The zero-order valence-electron chi connectivity index (χ0n) is 13.7. The van der Waals surface area contributed by atoms with Crippen molar-refractivity contribution in [2.45, 2.75) is 6.61 Å². The summed E-state index contributed by atoms with van der Waals surface area (Å²) in [5.41, 5.74) is -1.09. The summed E-state index contributed by atoms with van der Waals surface area (Å²) in [6, 6.07) is 5.87. The Labute approximate surface area is 149 Å². The number of rotatable bonds is 6. The maximum Gasteiger partial charge on any atom is 0.325 e. The third kappa shape index (κ3) is 4.52. The largest absolute Gasteiger partial charge is 0.497 e. The number of carbonyl (C=O) groups excluding carboxylic acids is 2. The van der Waals surface area contributed by atoms with Crippen LogP contribution in [0.2, 0.25) is 0 Å². The molecule has 0 heterocycles. The number of carbonyl (C=O) groups is 2. The van der Waals surface area contributed by atoms with E-state index in [9.17, 15) is 31.5 Å². The van der Waals surface area contributed by atoms with Crippen molar-refractivity contribution in [1.29, 1.82) is 0 Å². The van der Waals surface area contributed by atoms with Crippen molar-refractivity contribution >= 4 is 11.9 Å². The molecule has 2 aromatic carbocycles. The summed E-state index contributed by atoms with van der Waals surface area (Å²) >= 11 is 0. The molecule has 0 bridgehead atoms.